The van der Waals surface area contributed by atoms with Crippen molar-refractivity contribution in [2.75, 3.05) is 0 Å². The molecule has 1 aromatic carbocycles. The van der Waals surface area contributed by atoms with Crippen molar-refractivity contribution in [2.45, 2.75) is 27.7 Å². The number of ether oxygens (including phenoxy) is 1. The van der Waals surface area contributed by atoms with E-state index in [9.17, 15) is 4.79 Å². The highest BCUT2D eigenvalue weighted by Gasteiger charge is 2.14. The van der Waals surface area contributed by atoms with Crippen LogP contribution in [0.4, 0.5) is 0 Å². The Morgan fingerprint density at radius 2 is 1.94 bits per heavy atom. The molecule has 0 aliphatic heterocycles. The molecule has 2 nitrogen and oxygen atoms in total. The molecule has 86 valence electrons. The zero-order valence-electron chi connectivity index (χ0n) is 10.3. The van der Waals surface area contributed by atoms with Gasteiger partial charge in [0.25, 0.3) is 0 Å². The number of benzene rings is 1. The van der Waals surface area contributed by atoms with Crippen LogP contribution in [0.1, 0.15) is 25.0 Å². The Morgan fingerprint density at radius 3 is 2.50 bits per heavy atom. The van der Waals surface area contributed by atoms with Gasteiger partial charge >= 0.3 is 5.97 Å². The lowest BCUT2D eigenvalue weighted by Crippen LogP contribution is -2.14. The highest BCUT2D eigenvalue weighted by atomic mass is 16.5. The van der Waals surface area contributed by atoms with E-state index in [4.69, 9.17) is 4.74 Å². The van der Waals surface area contributed by atoms with Gasteiger partial charge in [-0.2, -0.15) is 0 Å². The minimum absolute atomic E-state index is 0.109. The molecule has 0 saturated heterocycles. The highest BCUT2D eigenvalue weighted by molar-refractivity contribution is 5.90. The number of carbonyl (C=O) groups excluding carboxylic acids is 1. The van der Waals surface area contributed by atoms with Crippen molar-refractivity contribution in [3.63, 3.8) is 0 Å². The predicted molar refractivity (Wildman–Crippen MR) is 65.5 cm³/mol. The van der Waals surface area contributed by atoms with E-state index in [1.807, 2.05) is 39.8 Å². The first-order valence-electron chi connectivity index (χ1n) is 5.40. The fourth-order valence-electron chi connectivity index (χ4n) is 1.24. The average Bonchev–Trinajstić information content (AvgIpc) is 2.23. The summed E-state index contributed by atoms with van der Waals surface area (Å²) < 4.78 is 5.31. The van der Waals surface area contributed by atoms with Crippen molar-refractivity contribution >= 4 is 5.97 Å². The van der Waals surface area contributed by atoms with E-state index in [0.29, 0.717) is 11.3 Å². The number of carbonyl (C=O) groups is 1. The van der Waals surface area contributed by atoms with Crippen LogP contribution in [0.3, 0.4) is 0 Å². The van der Waals surface area contributed by atoms with Gasteiger partial charge < -0.3 is 4.74 Å². The molecule has 16 heavy (non-hydrogen) atoms. The van der Waals surface area contributed by atoms with E-state index < -0.39 is 0 Å². The summed E-state index contributed by atoms with van der Waals surface area (Å²) in [5.41, 5.74) is 2.61. The molecule has 0 atom stereocenters. The molecular formula is C14H18O2. The molecule has 0 heterocycles. The van der Waals surface area contributed by atoms with Crippen LogP contribution in [0.2, 0.25) is 0 Å². The monoisotopic (exact) mass is 218 g/mol. The van der Waals surface area contributed by atoms with Crippen LogP contribution in [0.5, 0.6) is 5.75 Å². The summed E-state index contributed by atoms with van der Waals surface area (Å²) >= 11 is 0. The van der Waals surface area contributed by atoms with Gasteiger partial charge in [-0.3, -0.25) is 0 Å². The van der Waals surface area contributed by atoms with Crippen LogP contribution < -0.4 is 4.74 Å². The molecule has 0 radical (unpaired) electrons. The lowest BCUT2D eigenvalue weighted by Gasteiger charge is -2.12. The third-order valence-corrected chi connectivity index (χ3v) is 2.72. The maximum absolute atomic E-state index is 11.7. The van der Waals surface area contributed by atoms with Gasteiger partial charge in [0.1, 0.15) is 5.75 Å². The first kappa shape index (κ1) is 12.5. The Labute approximate surface area is 96.9 Å². The maximum atomic E-state index is 11.7. The Hall–Kier alpha value is -1.57. The molecule has 0 bridgehead atoms. The van der Waals surface area contributed by atoms with Crippen molar-refractivity contribution in [1.82, 2.24) is 0 Å². The zero-order chi connectivity index (χ0) is 12.3. The zero-order valence-corrected chi connectivity index (χ0v) is 10.3. The van der Waals surface area contributed by atoms with E-state index >= 15 is 0 Å². The predicted octanol–water partition coefficient (Wildman–Crippen LogP) is 3.42. The van der Waals surface area contributed by atoms with Crippen LogP contribution in [-0.4, -0.2) is 5.97 Å². The third-order valence-electron chi connectivity index (χ3n) is 2.72. The van der Waals surface area contributed by atoms with Crippen molar-refractivity contribution in [2.24, 2.45) is 5.92 Å². The molecule has 1 rings (SSSR count). The molecule has 0 aromatic heterocycles. The number of rotatable bonds is 3. The van der Waals surface area contributed by atoms with E-state index in [1.54, 1.807) is 6.07 Å². The third kappa shape index (κ3) is 2.72. The first-order valence-corrected chi connectivity index (χ1v) is 5.40. The van der Waals surface area contributed by atoms with Crippen LogP contribution in [-0.2, 0) is 4.79 Å². The van der Waals surface area contributed by atoms with E-state index in [1.165, 1.54) is 0 Å². The first-order chi connectivity index (χ1) is 7.43. The molecule has 0 saturated carbocycles. The van der Waals surface area contributed by atoms with Crippen molar-refractivity contribution in [1.29, 1.82) is 0 Å². The molecule has 0 aliphatic carbocycles. The summed E-state index contributed by atoms with van der Waals surface area (Å²) in [5, 5.41) is 0. The molecule has 0 spiro atoms. The number of esters is 1. The molecule has 0 amide bonds. The summed E-state index contributed by atoms with van der Waals surface area (Å²) in [6, 6.07) is 5.67. The second-order valence-electron chi connectivity index (χ2n) is 4.27. The molecule has 0 unspecified atom stereocenters. The van der Waals surface area contributed by atoms with Crippen LogP contribution >= 0.6 is 0 Å². The summed E-state index contributed by atoms with van der Waals surface area (Å²) in [6.45, 7) is 11.5. The van der Waals surface area contributed by atoms with Gasteiger partial charge in [-0.1, -0.05) is 32.6 Å². The Balaban J connectivity index is 2.86. The maximum Gasteiger partial charge on any atom is 0.339 e. The van der Waals surface area contributed by atoms with Crippen LogP contribution in [0, 0.1) is 19.8 Å². The second kappa shape index (κ2) is 4.97. The van der Waals surface area contributed by atoms with E-state index in [-0.39, 0.29) is 11.9 Å². The largest absolute Gasteiger partial charge is 0.423 e. The van der Waals surface area contributed by atoms with E-state index in [0.717, 1.165) is 11.1 Å². The SMILES string of the molecule is C=C(C(=O)Oc1cccc(C)c1C)C(C)C. The van der Waals surface area contributed by atoms with Crippen molar-refractivity contribution in [3.8, 4) is 5.75 Å². The van der Waals surface area contributed by atoms with Crippen molar-refractivity contribution < 1.29 is 9.53 Å². The van der Waals surface area contributed by atoms with Gasteiger partial charge in [0, 0.05) is 5.57 Å². The second-order valence-corrected chi connectivity index (χ2v) is 4.27. The van der Waals surface area contributed by atoms with Gasteiger partial charge in [0.15, 0.2) is 0 Å². The van der Waals surface area contributed by atoms with E-state index in [2.05, 4.69) is 6.58 Å². The molecule has 1 aromatic rings. The lowest BCUT2D eigenvalue weighted by atomic mass is 10.1. The molecular weight excluding hydrogens is 200 g/mol. The standard InChI is InChI=1S/C14H18O2/c1-9(2)11(4)14(15)16-13-8-6-7-10(3)12(13)5/h6-9H,4H2,1-3,5H3. The van der Waals surface area contributed by atoms with Gasteiger partial charge in [-0.25, -0.2) is 4.79 Å². The molecule has 0 N–H and O–H groups in total. The van der Waals surface area contributed by atoms with Crippen LogP contribution in [0.25, 0.3) is 0 Å². The topological polar surface area (TPSA) is 26.3 Å². The smallest absolute Gasteiger partial charge is 0.339 e. The summed E-state index contributed by atoms with van der Waals surface area (Å²) in [7, 11) is 0. The summed E-state index contributed by atoms with van der Waals surface area (Å²) in [5.74, 6) is 0.383. The quantitative estimate of drug-likeness (QED) is 0.441. The van der Waals surface area contributed by atoms with Gasteiger partial charge in [-0.15, -0.1) is 0 Å². The summed E-state index contributed by atoms with van der Waals surface area (Å²) in [6.07, 6.45) is 0. The highest BCUT2D eigenvalue weighted by Crippen LogP contribution is 2.22. The average molecular weight is 218 g/mol. The number of aryl methyl sites for hydroxylation is 1. The van der Waals surface area contributed by atoms with Crippen molar-refractivity contribution in [3.05, 3.63) is 41.5 Å². The fourth-order valence-corrected chi connectivity index (χ4v) is 1.24. The normalized spacial score (nSPS) is 10.3. The van der Waals surface area contributed by atoms with Gasteiger partial charge in [-0.05, 0) is 37.0 Å². The lowest BCUT2D eigenvalue weighted by molar-refractivity contribution is -0.130. The fraction of sp³-hybridized carbons (Fsp3) is 0.357. The number of hydrogen-bond donors (Lipinski definition) is 0. The number of hydrogen-bond acceptors (Lipinski definition) is 2. The van der Waals surface area contributed by atoms with Crippen LogP contribution in [0.15, 0.2) is 30.4 Å². The molecule has 2 heteroatoms. The Bertz CT molecular complexity index is 417. The summed E-state index contributed by atoms with van der Waals surface area (Å²) in [4.78, 5) is 11.7. The van der Waals surface area contributed by atoms with Gasteiger partial charge in [0.05, 0.1) is 0 Å². The molecule has 0 fully saturated rings. The minimum Gasteiger partial charge on any atom is -0.423 e. The molecule has 0 aliphatic rings. The Kier molecular flexibility index (Phi) is 3.88. The minimum atomic E-state index is -0.344. The Morgan fingerprint density at radius 1 is 1.31 bits per heavy atom. The van der Waals surface area contributed by atoms with Gasteiger partial charge in [0.2, 0.25) is 0 Å².